The maximum Gasteiger partial charge on any atom is 0.259 e. The van der Waals surface area contributed by atoms with Gasteiger partial charge < -0.3 is 20.1 Å². The lowest BCUT2D eigenvalue weighted by Crippen LogP contribution is -2.55. The van der Waals surface area contributed by atoms with Crippen LogP contribution < -0.4 is 24.8 Å². The number of carbonyl (C=O) groups is 2. The topological polar surface area (TPSA) is 136 Å². The van der Waals surface area contributed by atoms with Crippen molar-refractivity contribution < 1.29 is 27.5 Å². The maximum absolute atomic E-state index is 13.3. The average Bonchev–Trinajstić information content (AvgIpc) is 3.90. The molecule has 0 bridgehead atoms. The lowest BCUT2D eigenvalue weighted by Gasteiger charge is -2.21. The summed E-state index contributed by atoms with van der Waals surface area (Å²) in [4.78, 5) is 31.1. The van der Waals surface area contributed by atoms with Gasteiger partial charge in [-0.1, -0.05) is 36.4 Å². The van der Waals surface area contributed by atoms with Gasteiger partial charge in [0.15, 0.2) is 0 Å². The Hall–Kier alpha value is -3.96. The largest absolute Gasteiger partial charge is 0.497 e. The van der Waals surface area contributed by atoms with Gasteiger partial charge in [0.25, 0.3) is 5.91 Å². The second kappa shape index (κ2) is 10.5. The number of ether oxygens (including phenoxy) is 2. The molecule has 4 atom stereocenters. The van der Waals surface area contributed by atoms with Crippen molar-refractivity contribution in [2.75, 3.05) is 13.7 Å². The molecule has 3 fully saturated rings. The summed E-state index contributed by atoms with van der Waals surface area (Å²) >= 11 is 0. The predicted molar refractivity (Wildman–Crippen MR) is 154 cm³/mol. The molecule has 1 saturated heterocycles. The molecular formula is C30H32N4O6S. The van der Waals surface area contributed by atoms with Crippen LogP contribution in [0.1, 0.15) is 25.7 Å². The van der Waals surface area contributed by atoms with Crippen molar-refractivity contribution in [2.45, 2.75) is 48.6 Å². The monoisotopic (exact) mass is 576 g/mol. The van der Waals surface area contributed by atoms with Crippen molar-refractivity contribution in [3.63, 3.8) is 0 Å². The number of carbonyl (C=O) groups excluding carboxylic acids is 2. The van der Waals surface area contributed by atoms with E-state index in [0.717, 1.165) is 22.2 Å². The maximum atomic E-state index is 13.3. The Labute approximate surface area is 238 Å². The highest BCUT2D eigenvalue weighted by molar-refractivity contribution is 7.91. The number of sulfonamides is 1. The van der Waals surface area contributed by atoms with E-state index >= 15 is 0 Å². The zero-order valence-electron chi connectivity index (χ0n) is 22.6. The minimum absolute atomic E-state index is 0.301. The molecule has 6 rings (SSSR count). The van der Waals surface area contributed by atoms with Gasteiger partial charge in [-0.15, -0.1) is 6.58 Å². The number of aromatic nitrogens is 1. The molecule has 1 aromatic heterocycles. The standard InChI is InChI=1S/C30H32N4O6S/c1-3-19-16-30(19,29(36)34-41(37,38)22-10-11-22)33-28(35)26-14-21(17-31-26)40-27-15-24(18-7-5-4-6-8-18)32-25-13-20(39-2)9-12-23(25)27/h3-9,12-13,15,19,21-22,26,31H,1,10-11,14,16-17H2,2H3,(H,33,35)(H,34,36)/t19-,21+,26-,30+/m0/s1. The number of nitrogens with zero attached hydrogens (tertiary/aromatic N) is 1. The summed E-state index contributed by atoms with van der Waals surface area (Å²) in [5.41, 5.74) is 1.10. The normalized spacial score (nSPS) is 25.3. The van der Waals surface area contributed by atoms with Gasteiger partial charge in [-0.2, -0.15) is 0 Å². The lowest BCUT2D eigenvalue weighted by molar-refractivity contribution is -0.130. The van der Waals surface area contributed by atoms with E-state index in [9.17, 15) is 18.0 Å². The zero-order valence-corrected chi connectivity index (χ0v) is 23.4. The van der Waals surface area contributed by atoms with Crippen LogP contribution in [0.25, 0.3) is 22.2 Å². The third-order valence-corrected chi connectivity index (χ3v) is 9.82. The van der Waals surface area contributed by atoms with Crippen LogP contribution in [-0.4, -0.2) is 61.8 Å². The Morgan fingerprint density at radius 2 is 1.93 bits per heavy atom. The van der Waals surface area contributed by atoms with Crippen LogP contribution in [0.2, 0.25) is 0 Å². The highest BCUT2D eigenvalue weighted by Crippen LogP contribution is 2.45. The summed E-state index contributed by atoms with van der Waals surface area (Å²) in [5.74, 6) is -0.110. The summed E-state index contributed by atoms with van der Waals surface area (Å²) < 4.78 is 38.7. The first-order valence-corrected chi connectivity index (χ1v) is 15.2. The van der Waals surface area contributed by atoms with E-state index in [-0.39, 0.29) is 17.9 Å². The molecule has 214 valence electrons. The molecule has 3 N–H and O–H groups in total. The van der Waals surface area contributed by atoms with Crippen LogP contribution in [-0.2, 0) is 19.6 Å². The van der Waals surface area contributed by atoms with Crippen LogP contribution in [0.4, 0.5) is 0 Å². The number of hydrogen-bond acceptors (Lipinski definition) is 8. The van der Waals surface area contributed by atoms with E-state index in [0.29, 0.717) is 43.7 Å². The van der Waals surface area contributed by atoms with Crippen LogP contribution >= 0.6 is 0 Å². The fourth-order valence-electron chi connectivity index (χ4n) is 5.35. The SMILES string of the molecule is C=C[C@H]1C[C@]1(NC(=O)[C@@H]1C[C@@H](Oc2cc(-c3ccccc3)nc3cc(OC)ccc23)CN1)C(=O)NS(=O)(=O)C1CC1. The van der Waals surface area contributed by atoms with Gasteiger partial charge in [-0.3, -0.25) is 14.3 Å². The van der Waals surface area contributed by atoms with E-state index in [1.54, 1.807) is 13.2 Å². The lowest BCUT2D eigenvalue weighted by atomic mass is 10.1. The van der Waals surface area contributed by atoms with Gasteiger partial charge >= 0.3 is 0 Å². The molecule has 2 aromatic carbocycles. The van der Waals surface area contributed by atoms with Crippen molar-refractivity contribution >= 4 is 32.7 Å². The molecule has 11 heteroatoms. The molecule has 3 aromatic rings. The van der Waals surface area contributed by atoms with Crippen molar-refractivity contribution in [2.24, 2.45) is 5.92 Å². The summed E-state index contributed by atoms with van der Waals surface area (Å²) in [5, 5.41) is 6.29. The third-order valence-electron chi connectivity index (χ3n) is 8.00. The van der Waals surface area contributed by atoms with Gasteiger partial charge in [0.2, 0.25) is 15.9 Å². The van der Waals surface area contributed by atoms with Gasteiger partial charge in [0.1, 0.15) is 23.1 Å². The number of nitrogens with one attached hydrogen (secondary N) is 3. The van der Waals surface area contributed by atoms with Crippen LogP contribution in [0.15, 0.2) is 67.3 Å². The highest BCUT2D eigenvalue weighted by atomic mass is 32.2. The molecule has 2 amide bonds. The third kappa shape index (κ3) is 5.39. The number of benzene rings is 2. The summed E-state index contributed by atoms with van der Waals surface area (Å²) in [6.07, 6.45) is 2.99. The first-order valence-electron chi connectivity index (χ1n) is 13.7. The molecule has 3 aliphatic rings. The van der Waals surface area contributed by atoms with E-state index in [1.807, 2.05) is 54.6 Å². The summed E-state index contributed by atoms with van der Waals surface area (Å²) in [6.45, 7) is 4.16. The number of pyridine rings is 1. The minimum atomic E-state index is -3.74. The van der Waals surface area contributed by atoms with Gasteiger partial charge in [-0.05, 0) is 31.4 Å². The van der Waals surface area contributed by atoms with Crippen molar-refractivity contribution in [3.05, 3.63) is 67.3 Å². The van der Waals surface area contributed by atoms with Crippen molar-refractivity contribution in [1.29, 1.82) is 0 Å². The summed E-state index contributed by atoms with van der Waals surface area (Å²) in [6, 6.07) is 16.7. The van der Waals surface area contributed by atoms with E-state index < -0.39 is 32.8 Å². The minimum Gasteiger partial charge on any atom is -0.497 e. The quantitative estimate of drug-likeness (QED) is 0.314. The second-order valence-electron chi connectivity index (χ2n) is 10.9. The Morgan fingerprint density at radius 1 is 1.15 bits per heavy atom. The Kier molecular flexibility index (Phi) is 6.95. The van der Waals surface area contributed by atoms with Crippen molar-refractivity contribution in [1.82, 2.24) is 20.3 Å². The molecule has 41 heavy (non-hydrogen) atoms. The number of hydrogen-bond donors (Lipinski definition) is 3. The van der Waals surface area contributed by atoms with Crippen LogP contribution in [0, 0.1) is 5.92 Å². The highest BCUT2D eigenvalue weighted by Gasteiger charge is 2.61. The van der Waals surface area contributed by atoms with E-state index in [4.69, 9.17) is 14.5 Å². The molecule has 2 saturated carbocycles. The van der Waals surface area contributed by atoms with Gasteiger partial charge in [-0.25, -0.2) is 13.4 Å². The predicted octanol–water partition coefficient (Wildman–Crippen LogP) is 2.69. The van der Waals surface area contributed by atoms with Gasteiger partial charge in [0.05, 0.1) is 29.6 Å². The fourth-order valence-corrected chi connectivity index (χ4v) is 6.72. The first kappa shape index (κ1) is 27.2. The Morgan fingerprint density at radius 3 is 2.61 bits per heavy atom. The average molecular weight is 577 g/mol. The van der Waals surface area contributed by atoms with Crippen LogP contribution in [0.5, 0.6) is 11.5 Å². The molecule has 2 aliphatic carbocycles. The van der Waals surface area contributed by atoms with Gasteiger partial charge in [0, 0.05) is 42.0 Å². The molecule has 0 radical (unpaired) electrons. The van der Waals surface area contributed by atoms with E-state index in [2.05, 4.69) is 21.9 Å². The Bertz CT molecular complexity index is 1620. The Balaban J connectivity index is 1.17. The number of amides is 2. The van der Waals surface area contributed by atoms with Crippen molar-refractivity contribution in [3.8, 4) is 22.8 Å². The molecular weight excluding hydrogens is 544 g/mol. The smallest absolute Gasteiger partial charge is 0.259 e. The molecule has 2 heterocycles. The second-order valence-corrected chi connectivity index (χ2v) is 12.8. The molecule has 1 aliphatic heterocycles. The molecule has 0 spiro atoms. The number of rotatable bonds is 10. The molecule has 0 unspecified atom stereocenters. The zero-order chi connectivity index (χ0) is 28.8. The van der Waals surface area contributed by atoms with Crippen LogP contribution in [0.3, 0.4) is 0 Å². The first-order chi connectivity index (χ1) is 19.7. The number of fused-ring (bicyclic) bond motifs is 1. The number of methoxy groups -OCH3 is 1. The summed E-state index contributed by atoms with van der Waals surface area (Å²) in [7, 11) is -2.13. The molecule has 10 nitrogen and oxygen atoms in total. The van der Waals surface area contributed by atoms with E-state index in [1.165, 1.54) is 0 Å². The fraction of sp³-hybridized carbons (Fsp3) is 0.367.